The zero-order valence-electron chi connectivity index (χ0n) is 14.1. The highest BCUT2D eigenvalue weighted by Crippen LogP contribution is 2.24. The van der Waals surface area contributed by atoms with Crippen molar-refractivity contribution < 1.29 is 0 Å². The lowest BCUT2D eigenvalue weighted by Gasteiger charge is -2.18. The minimum absolute atomic E-state index is 0.356. The summed E-state index contributed by atoms with van der Waals surface area (Å²) in [5, 5.41) is 0.356. The van der Waals surface area contributed by atoms with Crippen LogP contribution < -0.4 is 0 Å². The van der Waals surface area contributed by atoms with E-state index in [1.807, 2.05) is 34.6 Å². The highest BCUT2D eigenvalue weighted by atomic mass is 35.5. The van der Waals surface area contributed by atoms with Gasteiger partial charge in [0.2, 0.25) is 0 Å². The van der Waals surface area contributed by atoms with Gasteiger partial charge in [-0.3, -0.25) is 0 Å². The SMILES string of the molecule is CC.CC.CC1CCC1.CCC.CCC(C)Cl. The number of hydrogen-bond donors (Lipinski definition) is 0. The molecule has 0 spiro atoms. The molecule has 1 atom stereocenters. The molecule has 0 saturated heterocycles. The average Bonchev–Trinajstić information content (AvgIpc) is 2.33. The second kappa shape index (κ2) is 29.9. The Morgan fingerprint density at radius 2 is 1.18 bits per heavy atom. The third-order valence-corrected chi connectivity index (χ3v) is 2.27. The summed E-state index contributed by atoms with van der Waals surface area (Å²) in [6.45, 7) is 18.6. The molecule has 1 aliphatic carbocycles. The Bertz CT molecular complexity index is 71.6. The lowest BCUT2D eigenvalue weighted by Crippen LogP contribution is -2.04. The molecule has 1 fully saturated rings. The first-order valence-electron chi connectivity index (χ1n) is 7.72. The zero-order chi connectivity index (χ0) is 14.7. The van der Waals surface area contributed by atoms with Gasteiger partial charge in [-0.1, -0.05) is 81.1 Å². The van der Waals surface area contributed by atoms with Crippen molar-refractivity contribution in [1.29, 1.82) is 0 Å². The molecule has 0 aromatic rings. The van der Waals surface area contributed by atoms with Crippen LogP contribution in [0.25, 0.3) is 0 Å². The summed E-state index contributed by atoms with van der Waals surface area (Å²) in [7, 11) is 0. The third kappa shape index (κ3) is 48.4. The van der Waals surface area contributed by atoms with E-state index in [1.54, 1.807) is 0 Å². The first kappa shape index (κ1) is 26.0. The molecule has 0 aliphatic heterocycles. The molecule has 0 amide bonds. The van der Waals surface area contributed by atoms with Crippen LogP contribution in [0.4, 0.5) is 0 Å². The van der Waals surface area contributed by atoms with E-state index in [4.69, 9.17) is 11.6 Å². The summed E-state index contributed by atoms with van der Waals surface area (Å²) in [5.74, 6) is 1.06. The lowest BCUT2D eigenvalue weighted by atomic mass is 9.88. The van der Waals surface area contributed by atoms with Crippen LogP contribution in [0.2, 0.25) is 0 Å². The molecule has 0 aromatic heterocycles. The van der Waals surface area contributed by atoms with E-state index < -0.39 is 0 Å². The van der Waals surface area contributed by atoms with Gasteiger partial charge in [-0.2, -0.15) is 0 Å². The van der Waals surface area contributed by atoms with Gasteiger partial charge in [0.05, 0.1) is 0 Å². The van der Waals surface area contributed by atoms with Crippen LogP contribution in [-0.4, -0.2) is 5.38 Å². The van der Waals surface area contributed by atoms with E-state index in [2.05, 4.69) is 27.7 Å². The van der Waals surface area contributed by atoms with E-state index in [0.29, 0.717) is 5.38 Å². The predicted molar refractivity (Wildman–Crippen MR) is 87.3 cm³/mol. The second-order valence-electron chi connectivity index (χ2n) is 3.93. The molecule has 1 rings (SSSR count). The van der Waals surface area contributed by atoms with Crippen molar-refractivity contribution in [3.05, 3.63) is 0 Å². The maximum absolute atomic E-state index is 5.46. The molecule has 0 radical (unpaired) electrons. The molecule has 0 heterocycles. The highest BCUT2D eigenvalue weighted by molar-refractivity contribution is 6.20. The lowest BCUT2D eigenvalue weighted by molar-refractivity contribution is 0.346. The molecule has 1 heteroatoms. The Hall–Kier alpha value is 0.290. The average molecular weight is 267 g/mol. The first-order chi connectivity index (χ1) is 8.08. The Morgan fingerprint density at radius 1 is 1.00 bits per heavy atom. The summed E-state index contributed by atoms with van der Waals surface area (Å²) in [5.41, 5.74) is 0. The zero-order valence-corrected chi connectivity index (χ0v) is 14.8. The Balaban J connectivity index is -0.0000000667. The Kier molecular flexibility index (Phi) is 45.7. The van der Waals surface area contributed by atoms with Gasteiger partial charge in [-0.25, -0.2) is 0 Å². The van der Waals surface area contributed by atoms with Gasteiger partial charge in [0.1, 0.15) is 0 Å². The van der Waals surface area contributed by atoms with Crippen molar-refractivity contribution in [2.24, 2.45) is 5.92 Å². The number of rotatable bonds is 1. The molecule has 1 unspecified atom stereocenters. The van der Waals surface area contributed by atoms with Gasteiger partial charge >= 0.3 is 0 Å². The predicted octanol–water partition coefficient (Wildman–Crippen LogP) is 7.30. The standard InChI is InChI=1S/C5H10.C4H9Cl.C3H8.2C2H6/c1-5-3-2-4-5;1-3-4(2)5;1-3-2;2*1-2/h5H,2-4H2,1H3;4H,3H2,1-2H3;3H2,1-2H3;2*1-2H3. The van der Waals surface area contributed by atoms with Crippen molar-refractivity contribution in [2.75, 3.05) is 0 Å². The Morgan fingerprint density at radius 3 is 1.18 bits per heavy atom. The largest absolute Gasteiger partial charge is 0.123 e. The number of hydrogen-bond acceptors (Lipinski definition) is 0. The quantitative estimate of drug-likeness (QED) is 0.437. The summed E-state index contributed by atoms with van der Waals surface area (Å²) in [4.78, 5) is 0. The van der Waals surface area contributed by atoms with Crippen LogP contribution in [0.15, 0.2) is 0 Å². The van der Waals surface area contributed by atoms with Crippen LogP contribution in [0.5, 0.6) is 0 Å². The van der Waals surface area contributed by atoms with Crippen LogP contribution in [-0.2, 0) is 0 Å². The summed E-state index contributed by atoms with van der Waals surface area (Å²) in [6.07, 6.45) is 6.78. The molecule has 0 bridgehead atoms. The van der Waals surface area contributed by atoms with Crippen molar-refractivity contribution in [3.8, 4) is 0 Å². The minimum Gasteiger partial charge on any atom is -0.123 e. The van der Waals surface area contributed by atoms with Crippen LogP contribution in [0.1, 0.15) is 94.4 Å². The fourth-order valence-corrected chi connectivity index (χ4v) is 0.612. The van der Waals surface area contributed by atoms with E-state index >= 15 is 0 Å². The Labute approximate surface area is 118 Å². The maximum atomic E-state index is 5.46. The van der Waals surface area contributed by atoms with E-state index in [-0.39, 0.29) is 0 Å². The molecule has 1 saturated carbocycles. The monoisotopic (exact) mass is 266 g/mol. The molecule has 1 aliphatic rings. The smallest absolute Gasteiger partial charge is 0.0305 e. The summed E-state index contributed by atoms with van der Waals surface area (Å²) < 4.78 is 0. The summed E-state index contributed by atoms with van der Waals surface area (Å²) >= 11 is 5.46. The van der Waals surface area contributed by atoms with Crippen molar-refractivity contribution in [3.63, 3.8) is 0 Å². The molecular weight excluding hydrogens is 228 g/mol. The molecule has 110 valence electrons. The fourth-order valence-electron chi connectivity index (χ4n) is 0.612. The van der Waals surface area contributed by atoms with Gasteiger partial charge in [0.15, 0.2) is 0 Å². The highest BCUT2D eigenvalue weighted by Gasteiger charge is 2.09. The van der Waals surface area contributed by atoms with Gasteiger partial charge in [-0.15, -0.1) is 11.6 Å². The van der Waals surface area contributed by atoms with E-state index in [1.165, 1.54) is 25.7 Å². The third-order valence-electron chi connectivity index (χ3n) is 1.96. The van der Waals surface area contributed by atoms with Crippen molar-refractivity contribution >= 4 is 11.6 Å². The number of alkyl halides is 1. The molecule has 17 heavy (non-hydrogen) atoms. The van der Waals surface area contributed by atoms with E-state index in [0.717, 1.165) is 12.3 Å². The van der Waals surface area contributed by atoms with Crippen LogP contribution in [0.3, 0.4) is 0 Å². The van der Waals surface area contributed by atoms with Gasteiger partial charge in [0, 0.05) is 5.38 Å². The van der Waals surface area contributed by atoms with Crippen molar-refractivity contribution in [2.45, 2.75) is 99.8 Å². The van der Waals surface area contributed by atoms with Crippen LogP contribution in [0, 0.1) is 5.92 Å². The topological polar surface area (TPSA) is 0 Å². The first-order valence-corrected chi connectivity index (χ1v) is 8.16. The van der Waals surface area contributed by atoms with Gasteiger partial charge in [0.25, 0.3) is 0 Å². The number of halogens is 1. The maximum Gasteiger partial charge on any atom is 0.0305 e. The summed E-state index contributed by atoms with van der Waals surface area (Å²) in [6, 6.07) is 0. The minimum atomic E-state index is 0.356. The molecule has 0 N–H and O–H groups in total. The molecule has 0 nitrogen and oxygen atoms in total. The van der Waals surface area contributed by atoms with Gasteiger partial charge < -0.3 is 0 Å². The molecular formula is C16H39Cl. The van der Waals surface area contributed by atoms with Gasteiger partial charge in [-0.05, 0) is 19.3 Å². The van der Waals surface area contributed by atoms with Crippen molar-refractivity contribution in [1.82, 2.24) is 0 Å². The van der Waals surface area contributed by atoms with Crippen LogP contribution >= 0.6 is 11.6 Å². The van der Waals surface area contributed by atoms with E-state index in [9.17, 15) is 0 Å². The fraction of sp³-hybridized carbons (Fsp3) is 1.00. The molecule has 0 aromatic carbocycles. The second-order valence-corrected chi connectivity index (χ2v) is 4.68. The normalized spacial score (nSPS) is 13.8.